The lowest BCUT2D eigenvalue weighted by atomic mass is 10.2. The summed E-state index contributed by atoms with van der Waals surface area (Å²) in [6.45, 7) is 2.14. The monoisotopic (exact) mass is 437 g/mol. The van der Waals surface area contributed by atoms with Crippen molar-refractivity contribution < 1.29 is 19.0 Å². The Bertz CT molecular complexity index is 717. The molecule has 1 aliphatic heterocycles. The molecule has 1 aliphatic rings. The van der Waals surface area contributed by atoms with Gasteiger partial charge in [0.05, 0.1) is 17.7 Å². The first kappa shape index (κ1) is 19.9. The Balaban J connectivity index is 1.32. The lowest BCUT2D eigenvalue weighted by Crippen LogP contribution is -2.27. The summed E-state index contributed by atoms with van der Waals surface area (Å²) in [6.07, 6.45) is 4.71. The van der Waals surface area contributed by atoms with Crippen LogP contribution in [0.5, 0.6) is 0 Å². The topological polar surface area (TPSA) is 74.6 Å². The van der Waals surface area contributed by atoms with Crippen molar-refractivity contribution in [1.29, 1.82) is 0 Å². The van der Waals surface area contributed by atoms with Crippen LogP contribution in [0.1, 0.15) is 36.7 Å². The fourth-order valence-electron chi connectivity index (χ4n) is 2.75. The van der Waals surface area contributed by atoms with E-state index in [0.717, 1.165) is 41.6 Å². The van der Waals surface area contributed by atoms with Crippen molar-refractivity contribution in [3.63, 3.8) is 0 Å². The average molecular weight is 438 g/mol. The minimum Gasteiger partial charge on any atom is -0.445 e. The molecule has 1 unspecified atom stereocenters. The highest BCUT2D eigenvalue weighted by Crippen LogP contribution is 2.25. The number of halogens is 1. The standard InChI is InChI=1S/C19H24BrN3O4/c20-16-12-23(18-8-4-5-10-26-18)22-17(16)14-25-11-9-21-19(24)27-13-15-6-2-1-3-7-15/h1-3,6-7,12,18H,4-5,8-11,13-14H2,(H,21,24). The highest BCUT2D eigenvalue weighted by Gasteiger charge is 2.18. The summed E-state index contributed by atoms with van der Waals surface area (Å²) < 4.78 is 19.2. The zero-order valence-corrected chi connectivity index (χ0v) is 16.7. The van der Waals surface area contributed by atoms with Crippen LogP contribution in [0.2, 0.25) is 0 Å². The number of carbonyl (C=O) groups excluding carboxylic acids is 1. The lowest BCUT2D eigenvalue weighted by Gasteiger charge is -2.22. The number of rotatable bonds is 8. The van der Waals surface area contributed by atoms with Gasteiger partial charge in [0.15, 0.2) is 0 Å². The summed E-state index contributed by atoms with van der Waals surface area (Å²) in [5.41, 5.74) is 1.77. The van der Waals surface area contributed by atoms with E-state index in [2.05, 4.69) is 26.3 Å². The minimum absolute atomic E-state index is 0.00449. The van der Waals surface area contributed by atoms with E-state index < -0.39 is 6.09 Å². The number of alkyl carbamates (subject to hydrolysis) is 1. The number of nitrogens with zero attached hydrogens (tertiary/aromatic N) is 2. The summed E-state index contributed by atoms with van der Waals surface area (Å²) in [5.74, 6) is 0. The summed E-state index contributed by atoms with van der Waals surface area (Å²) in [6, 6.07) is 9.55. The van der Waals surface area contributed by atoms with Gasteiger partial charge in [0.2, 0.25) is 0 Å². The molecule has 7 nitrogen and oxygen atoms in total. The molecule has 0 bridgehead atoms. The molecule has 1 fully saturated rings. The maximum Gasteiger partial charge on any atom is 0.407 e. The van der Waals surface area contributed by atoms with Gasteiger partial charge < -0.3 is 19.5 Å². The Morgan fingerprint density at radius 3 is 2.93 bits per heavy atom. The molecule has 0 radical (unpaired) electrons. The fraction of sp³-hybridized carbons (Fsp3) is 0.474. The molecular weight excluding hydrogens is 414 g/mol. The lowest BCUT2D eigenvalue weighted by molar-refractivity contribution is -0.0400. The van der Waals surface area contributed by atoms with E-state index in [1.807, 2.05) is 41.2 Å². The Morgan fingerprint density at radius 2 is 2.15 bits per heavy atom. The number of carbonyl (C=O) groups is 1. The minimum atomic E-state index is -0.456. The van der Waals surface area contributed by atoms with Gasteiger partial charge in [-0.05, 0) is 40.8 Å². The number of ether oxygens (including phenoxy) is 3. The van der Waals surface area contributed by atoms with Crippen molar-refractivity contribution >= 4 is 22.0 Å². The van der Waals surface area contributed by atoms with Crippen molar-refractivity contribution in [2.45, 2.75) is 38.7 Å². The van der Waals surface area contributed by atoms with E-state index >= 15 is 0 Å². The SMILES string of the molecule is O=C(NCCOCc1nn(C2CCCCO2)cc1Br)OCc1ccccc1. The first-order valence-electron chi connectivity index (χ1n) is 9.10. The maximum absolute atomic E-state index is 11.7. The van der Waals surface area contributed by atoms with Gasteiger partial charge in [0, 0.05) is 19.3 Å². The van der Waals surface area contributed by atoms with Crippen molar-refractivity contribution in [1.82, 2.24) is 15.1 Å². The van der Waals surface area contributed by atoms with Gasteiger partial charge in [0.25, 0.3) is 0 Å². The van der Waals surface area contributed by atoms with Crippen molar-refractivity contribution in [3.05, 3.63) is 52.3 Å². The zero-order valence-electron chi connectivity index (χ0n) is 15.1. The first-order valence-corrected chi connectivity index (χ1v) is 9.89. The highest BCUT2D eigenvalue weighted by atomic mass is 79.9. The molecule has 1 saturated heterocycles. The Hall–Kier alpha value is -1.90. The molecule has 8 heteroatoms. The van der Waals surface area contributed by atoms with E-state index in [0.29, 0.717) is 19.8 Å². The van der Waals surface area contributed by atoms with Crippen LogP contribution < -0.4 is 5.32 Å². The Labute approximate surface area is 167 Å². The number of amides is 1. The molecule has 0 aliphatic carbocycles. The molecular formula is C19H24BrN3O4. The predicted octanol–water partition coefficient (Wildman–Crippen LogP) is 3.79. The van der Waals surface area contributed by atoms with Gasteiger partial charge in [-0.3, -0.25) is 0 Å². The smallest absolute Gasteiger partial charge is 0.407 e. The molecule has 1 N–H and O–H groups in total. The number of nitrogens with one attached hydrogen (secondary N) is 1. The fourth-order valence-corrected chi connectivity index (χ4v) is 3.16. The molecule has 1 amide bonds. The van der Waals surface area contributed by atoms with Crippen LogP contribution in [-0.4, -0.2) is 35.6 Å². The molecule has 0 saturated carbocycles. The van der Waals surface area contributed by atoms with Gasteiger partial charge in [0.1, 0.15) is 18.5 Å². The largest absolute Gasteiger partial charge is 0.445 e. The second kappa shape index (κ2) is 10.4. The van der Waals surface area contributed by atoms with Gasteiger partial charge in [-0.25, -0.2) is 9.48 Å². The first-order chi connectivity index (χ1) is 13.2. The van der Waals surface area contributed by atoms with E-state index in [1.54, 1.807) is 0 Å². The van der Waals surface area contributed by atoms with Crippen molar-refractivity contribution in [2.75, 3.05) is 19.8 Å². The second-order valence-corrected chi connectivity index (χ2v) is 7.12. The third-order valence-electron chi connectivity index (χ3n) is 4.18. The van der Waals surface area contributed by atoms with E-state index in [9.17, 15) is 4.79 Å². The third kappa shape index (κ3) is 6.34. The van der Waals surface area contributed by atoms with Gasteiger partial charge in [-0.1, -0.05) is 30.3 Å². The van der Waals surface area contributed by atoms with E-state index in [4.69, 9.17) is 14.2 Å². The van der Waals surface area contributed by atoms with Crippen LogP contribution >= 0.6 is 15.9 Å². The van der Waals surface area contributed by atoms with Gasteiger partial charge >= 0.3 is 6.09 Å². The van der Waals surface area contributed by atoms with E-state index in [-0.39, 0.29) is 12.8 Å². The summed E-state index contributed by atoms with van der Waals surface area (Å²) in [5, 5.41) is 7.20. The van der Waals surface area contributed by atoms with Crippen LogP contribution in [0.15, 0.2) is 41.0 Å². The predicted molar refractivity (Wildman–Crippen MR) is 103 cm³/mol. The average Bonchev–Trinajstić information content (AvgIpc) is 3.08. The second-order valence-electron chi connectivity index (χ2n) is 6.27. The van der Waals surface area contributed by atoms with Gasteiger partial charge in [-0.15, -0.1) is 0 Å². The molecule has 0 spiro atoms. The molecule has 1 atom stereocenters. The molecule has 146 valence electrons. The number of aromatic nitrogens is 2. The summed E-state index contributed by atoms with van der Waals surface area (Å²) in [7, 11) is 0. The summed E-state index contributed by atoms with van der Waals surface area (Å²) in [4.78, 5) is 11.7. The Morgan fingerprint density at radius 1 is 1.30 bits per heavy atom. The van der Waals surface area contributed by atoms with Crippen molar-refractivity contribution in [2.24, 2.45) is 0 Å². The number of hydrogen-bond acceptors (Lipinski definition) is 5. The number of hydrogen-bond donors (Lipinski definition) is 1. The van der Waals surface area contributed by atoms with Crippen LogP contribution in [0.4, 0.5) is 4.79 Å². The van der Waals surface area contributed by atoms with E-state index in [1.165, 1.54) is 0 Å². The van der Waals surface area contributed by atoms with Crippen LogP contribution in [0.3, 0.4) is 0 Å². The molecule has 1 aromatic carbocycles. The normalized spacial score (nSPS) is 16.9. The third-order valence-corrected chi connectivity index (χ3v) is 4.84. The van der Waals surface area contributed by atoms with Crippen LogP contribution in [0, 0.1) is 0 Å². The zero-order chi connectivity index (χ0) is 18.9. The molecule has 1 aromatic heterocycles. The molecule has 3 rings (SSSR count). The van der Waals surface area contributed by atoms with Crippen LogP contribution in [-0.2, 0) is 27.4 Å². The molecule has 2 aromatic rings. The van der Waals surface area contributed by atoms with Gasteiger partial charge in [-0.2, -0.15) is 5.10 Å². The number of benzene rings is 1. The molecule has 2 heterocycles. The summed E-state index contributed by atoms with van der Waals surface area (Å²) >= 11 is 3.51. The van der Waals surface area contributed by atoms with Crippen molar-refractivity contribution in [3.8, 4) is 0 Å². The highest BCUT2D eigenvalue weighted by molar-refractivity contribution is 9.10. The molecule has 27 heavy (non-hydrogen) atoms. The van der Waals surface area contributed by atoms with Crippen LogP contribution in [0.25, 0.3) is 0 Å². The maximum atomic E-state index is 11.7. The Kier molecular flexibility index (Phi) is 7.67. The quantitative estimate of drug-likeness (QED) is 0.635.